The number of aryl methyl sites for hydroxylation is 1. The van der Waals surface area contributed by atoms with Gasteiger partial charge in [-0.1, -0.05) is 6.92 Å². The minimum absolute atomic E-state index is 0.113. The maximum absolute atomic E-state index is 11.9. The molecule has 1 heterocycles. The number of ether oxygens (including phenoxy) is 1. The molecule has 0 amide bonds. The quantitative estimate of drug-likeness (QED) is 0.727. The molecule has 1 aromatic rings. The van der Waals surface area contributed by atoms with Crippen LogP contribution in [-0.2, 0) is 26.0 Å². The van der Waals surface area contributed by atoms with Crippen LogP contribution in [0.1, 0.15) is 11.8 Å². The molecule has 1 aromatic heterocycles. The normalized spacial score (nSPS) is 13.3. The van der Waals surface area contributed by atoms with Crippen LogP contribution in [0.3, 0.4) is 0 Å². The summed E-state index contributed by atoms with van der Waals surface area (Å²) < 4.78 is 30.5. The number of aliphatic hydroxyl groups is 1. The van der Waals surface area contributed by atoms with Gasteiger partial charge >= 0.3 is 5.97 Å². The maximum atomic E-state index is 11.9. The summed E-state index contributed by atoms with van der Waals surface area (Å²) >= 11 is 1.13. The molecular formula is C10H15NO5S2. The summed E-state index contributed by atoms with van der Waals surface area (Å²) in [5.74, 6) is -0.826. The van der Waals surface area contributed by atoms with Crippen LogP contribution < -0.4 is 4.72 Å². The average molecular weight is 293 g/mol. The number of thiophene rings is 1. The van der Waals surface area contributed by atoms with Gasteiger partial charge in [-0.2, -0.15) is 4.72 Å². The van der Waals surface area contributed by atoms with Crippen LogP contribution in [0.4, 0.5) is 0 Å². The van der Waals surface area contributed by atoms with E-state index in [-0.39, 0.29) is 4.21 Å². The Morgan fingerprint density at radius 1 is 1.56 bits per heavy atom. The Kier molecular flexibility index (Phi) is 5.27. The van der Waals surface area contributed by atoms with Crippen molar-refractivity contribution < 1.29 is 23.1 Å². The van der Waals surface area contributed by atoms with Crippen molar-refractivity contribution in [2.24, 2.45) is 0 Å². The SMILES string of the molecule is CCc1ccc(S(=O)(=O)N[C@@H](CO)C(=O)OC)s1. The van der Waals surface area contributed by atoms with E-state index in [1.165, 1.54) is 6.07 Å². The van der Waals surface area contributed by atoms with Crippen LogP contribution in [0.5, 0.6) is 0 Å². The summed E-state index contributed by atoms with van der Waals surface area (Å²) in [6, 6.07) is 1.90. The zero-order valence-corrected chi connectivity index (χ0v) is 11.7. The van der Waals surface area contributed by atoms with Crippen LogP contribution >= 0.6 is 11.3 Å². The molecule has 8 heteroatoms. The van der Waals surface area contributed by atoms with E-state index >= 15 is 0 Å². The lowest BCUT2D eigenvalue weighted by molar-refractivity contribution is -0.143. The Balaban J connectivity index is 2.90. The molecule has 2 N–H and O–H groups in total. The number of rotatable bonds is 6. The van der Waals surface area contributed by atoms with Gasteiger partial charge in [0, 0.05) is 4.88 Å². The first-order valence-corrected chi connectivity index (χ1v) is 7.54. The fourth-order valence-corrected chi connectivity index (χ4v) is 3.73. The van der Waals surface area contributed by atoms with E-state index in [4.69, 9.17) is 5.11 Å². The van der Waals surface area contributed by atoms with E-state index in [0.717, 1.165) is 29.7 Å². The van der Waals surface area contributed by atoms with Gasteiger partial charge in [0.2, 0.25) is 0 Å². The number of esters is 1. The molecule has 0 saturated carbocycles. The number of sulfonamides is 1. The highest BCUT2D eigenvalue weighted by Crippen LogP contribution is 2.21. The summed E-state index contributed by atoms with van der Waals surface area (Å²) in [6.45, 7) is 1.26. The second kappa shape index (κ2) is 6.28. The van der Waals surface area contributed by atoms with Crippen molar-refractivity contribution in [3.63, 3.8) is 0 Å². The van der Waals surface area contributed by atoms with Gasteiger partial charge < -0.3 is 9.84 Å². The summed E-state index contributed by atoms with van der Waals surface area (Å²) in [5.41, 5.74) is 0. The minimum atomic E-state index is -3.81. The number of carbonyl (C=O) groups is 1. The second-order valence-corrected chi connectivity index (χ2v) is 6.56. The van der Waals surface area contributed by atoms with Crippen LogP contribution in [0, 0.1) is 0 Å². The van der Waals surface area contributed by atoms with E-state index < -0.39 is 28.6 Å². The molecule has 0 saturated heterocycles. The summed E-state index contributed by atoms with van der Waals surface area (Å²) in [5, 5.41) is 8.96. The highest BCUT2D eigenvalue weighted by Gasteiger charge is 2.26. The van der Waals surface area contributed by atoms with Gasteiger partial charge in [-0.15, -0.1) is 11.3 Å². The van der Waals surface area contributed by atoms with E-state index in [1.807, 2.05) is 6.92 Å². The molecule has 0 aromatic carbocycles. The van der Waals surface area contributed by atoms with Gasteiger partial charge in [0.1, 0.15) is 10.3 Å². The molecule has 0 aliphatic heterocycles. The topological polar surface area (TPSA) is 92.7 Å². The summed E-state index contributed by atoms with van der Waals surface area (Å²) in [7, 11) is -2.68. The smallest absolute Gasteiger partial charge is 0.326 e. The third-order valence-electron chi connectivity index (χ3n) is 2.22. The average Bonchev–Trinajstić information content (AvgIpc) is 2.84. The van der Waals surface area contributed by atoms with Crippen LogP contribution in [0.2, 0.25) is 0 Å². The number of nitrogens with one attached hydrogen (secondary N) is 1. The van der Waals surface area contributed by atoms with Gasteiger partial charge in [-0.25, -0.2) is 8.42 Å². The van der Waals surface area contributed by atoms with E-state index in [2.05, 4.69) is 9.46 Å². The van der Waals surface area contributed by atoms with Crippen molar-refractivity contribution in [3.8, 4) is 0 Å². The molecule has 18 heavy (non-hydrogen) atoms. The lowest BCUT2D eigenvalue weighted by Crippen LogP contribution is -2.43. The van der Waals surface area contributed by atoms with Crippen LogP contribution in [0.15, 0.2) is 16.3 Å². The van der Waals surface area contributed by atoms with Crippen LogP contribution in [0.25, 0.3) is 0 Å². The van der Waals surface area contributed by atoms with Crippen LogP contribution in [-0.4, -0.2) is 39.3 Å². The van der Waals surface area contributed by atoms with E-state index in [1.54, 1.807) is 6.07 Å². The molecule has 1 rings (SSSR count). The van der Waals surface area contributed by atoms with Gasteiger partial charge in [-0.05, 0) is 18.6 Å². The van der Waals surface area contributed by atoms with Crippen molar-refractivity contribution in [2.75, 3.05) is 13.7 Å². The molecule has 0 unspecified atom stereocenters. The van der Waals surface area contributed by atoms with Crippen molar-refractivity contribution in [2.45, 2.75) is 23.6 Å². The molecule has 102 valence electrons. The van der Waals surface area contributed by atoms with Gasteiger partial charge in [0.25, 0.3) is 10.0 Å². The predicted octanol–water partition coefficient (Wildman–Crippen LogP) is 0.123. The zero-order valence-electron chi connectivity index (χ0n) is 10.0. The fraction of sp³-hybridized carbons (Fsp3) is 0.500. The van der Waals surface area contributed by atoms with Gasteiger partial charge in [0.15, 0.2) is 0 Å². The zero-order chi connectivity index (χ0) is 13.8. The lowest BCUT2D eigenvalue weighted by Gasteiger charge is -2.13. The van der Waals surface area contributed by atoms with Crippen molar-refractivity contribution in [1.82, 2.24) is 4.72 Å². The molecule has 0 aliphatic carbocycles. The summed E-state index contributed by atoms with van der Waals surface area (Å²) in [6.07, 6.45) is 0.737. The van der Waals surface area contributed by atoms with Gasteiger partial charge in [-0.3, -0.25) is 4.79 Å². The molecular weight excluding hydrogens is 278 g/mol. The second-order valence-electron chi connectivity index (χ2n) is 3.45. The Hall–Kier alpha value is -0.960. The molecule has 0 bridgehead atoms. The monoisotopic (exact) mass is 293 g/mol. The van der Waals surface area contributed by atoms with E-state index in [0.29, 0.717) is 0 Å². The standard InChI is InChI=1S/C10H15NO5S2/c1-3-7-4-5-9(17-7)18(14,15)11-8(6-12)10(13)16-2/h4-5,8,11-12H,3,6H2,1-2H3/t8-/m0/s1. The first-order valence-electron chi connectivity index (χ1n) is 5.24. The van der Waals surface area contributed by atoms with Crippen molar-refractivity contribution >= 4 is 27.3 Å². The molecule has 0 radical (unpaired) electrons. The number of hydrogen-bond donors (Lipinski definition) is 2. The Bertz CT molecular complexity index is 508. The largest absolute Gasteiger partial charge is 0.468 e. The molecule has 0 aliphatic rings. The highest BCUT2D eigenvalue weighted by molar-refractivity contribution is 7.91. The summed E-state index contributed by atoms with van der Waals surface area (Å²) in [4.78, 5) is 12.1. The Morgan fingerprint density at radius 2 is 2.22 bits per heavy atom. The van der Waals surface area contributed by atoms with Gasteiger partial charge in [0.05, 0.1) is 13.7 Å². The number of aliphatic hydroxyl groups excluding tert-OH is 1. The third-order valence-corrected chi connectivity index (χ3v) is 5.41. The number of carbonyl (C=O) groups excluding carboxylic acids is 1. The molecule has 6 nitrogen and oxygen atoms in total. The minimum Gasteiger partial charge on any atom is -0.468 e. The lowest BCUT2D eigenvalue weighted by atomic mass is 10.3. The molecule has 0 fully saturated rings. The predicted molar refractivity (Wildman–Crippen MR) is 66.9 cm³/mol. The van der Waals surface area contributed by atoms with Crippen molar-refractivity contribution in [3.05, 3.63) is 17.0 Å². The third kappa shape index (κ3) is 3.52. The molecule has 0 spiro atoms. The van der Waals surface area contributed by atoms with E-state index in [9.17, 15) is 13.2 Å². The maximum Gasteiger partial charge on any atom is 0.326 e. The number of hydrogen-bond acceptors (Lipinski definition) is 6. The first-order chi connectivity index (χ1) is 8.44. The Morgan fingerprint density at radius 3 is 2.67 bits per heavy atom. The highest BCUT2D eigenvalue weighted by atomic mass is 32.2. The number of methoxy groups -OCH3 is 1. The first kappa shape index (κ1) is 15.1. The van der Waals surface area contributed by atoms with Crippen molar-refractivity contribution in [1.29, 1.82) is 0 Å². The fourth-order valence-electron chi connectivity index (χ4n) is 1.24. The Labute approximate surface area is 110 Å². The molecule has 1 atom stereocenters.